The third-order valence-electron chi connectivity index (χ3n) is 3.86. The normalized spacial score (nSPS) is 26.6. The number of nitrogens with zero attached hydrogens (tertiary/aromatic N) is 2. The zero-order valence-corrected chi connectivity index (χ0v) is 14.4. The number of ether oxygens (including phenoxy) is 1. The van der Waals surface area contributed by atoms with E-state index in [4.69, 9.17) is 4.74 Å². The molecule has 1 amide bonds. The van der Waals surface area contributed by atoms with E-state index in [2.05, 4.69) is 0 Å². The fraction of sp³-hybridized carbons (Fsp3) is 0.500. The van der Waals surface area contributed by atoms with Crippen LogP contribution in [0.15, 0.2) is 35.2 Å². The minimum Gasteiger partial charge on any atom is -0.456 e. The van der Waals surface area contributed by atoms with Crippen molar-refractivity contribution in [2.75, 3.05) is 24.7 Å². The molecule has 1 fully saturated rings. The van der Waals surface area contributed by atoms with Crippen LogP contribution in [-0.4, -0.2) is 57.0 Å². The van der Waals surface area contributed by atoms with Gasteiger partial charge in [-0.15, -0.1) is 16.4 Å². The van der Waals surface area contributed by atoms with Gasteiger partial charge in [-0.2, -0.15) is 0 Å². The second kappa shape index (κ2) is 5.51. The Kier molecular flexibility index (Phi) is 3.90. The van der Waals surface area contributed by atoms with Crippen molar-refractivity contribution in [1.82, 2.24) is 4.90 Å². The van der Waals surface area contributed by atoms with E-state index in [0.717, 1.165) is 5.75 Å². The number of fused-ring (bicyclic) bond motifs is 1. The van der Waals surface area contributed by atoms with Crippen molar-refractivity contribution >= 4 is 23.6 Å². The number of esters is 1. The van der Waals surface area contributed by atoms with Crippen molar-refractivity contribution in [2.24, 2.45) is 0 Å². The molecule has 3 aliphatic rings. The SMILES string of the molecule is CC(C)(C)OC(=O)C1=C(C(=O)N2CCSC2)C[N@@+]2(O)C=CC=C12. The molecule has 0 aromatic heterocycles. The van der Waals surface area contributed by atoms with E-state index in [1.54, 1.807) is 55.8 Å². The first kappa shape index (κ1) is 16.3. The Labute approximate surface area is 139 Å². The molecule has 0 saturated carbocycles. The van der Waals surface area contributed by atoms with Gasteiger partial charge in [0.05, 0.1) is 11.4 Å². The highest BCUT2D eigenvalue weighted by Crippen LogP contribution is 2.39. The lowest BCUT2D eigenvalue weighted by Crippen LogP contribution is -2.37. The molecular weight excluding hydrogens is 316 g/mol. The van der Waals surface area contributed by atoms with Crippen LogP contribution < -0.4 is 0 Å². The van der Waals surface area contributed by atoms with Gasteiger partial charge in [-0.05, 0) is 20.8 Å². The molecule has 23 heavy (non-hydrogen) atoms. The van der Waals surface area contributed by atoms with Gasteiger partial charge in [-0.3, -0.25) is 4.79 Å². The van der Waals surface area contributed by atoms with Gasteiger partial charge in [0.15, 0.2) is 12.2 Å². The van der Waals surface area contributed by atoms with Gasteiger partial charge in [0.2, 0.25) is 0 Å². The summed E-state index contributed by atoms with van der Waals surface area (Å²) < 4.78 is 4.92. The molecule has 3 aliphatic heterocycles. The summed E-state index contributed by atoms with van der Waals surface area (Å²) >= 11 is 1.68. The maximum Gasteiger partial charge on any atom is 0.345 e. The van der Waals surface area contributed by atoms with E-state index in [0.29, 0.717) is 23.7 Å². The van der Waals surface area contributed by atoms with E-state index in [1.807, 2.05) is 0 Å². The van der Waals surface area contributed by atoms with Crippen LogP contribution in [-0.2, 0) is 14.3 Å². The second-order valence-electron chi connectivity index (χ2n) is 6.84. The molecule has 3 rings (SSSR count). The van der Waals surface area contributed by atoms with Gasteiger partial charge >= 0.3 is 5.97 Å². The predicted octanol–water partition coefficient (Wildman–Crippen LogP) is 1.79. The smallest absolute Gasteiger partial charge is 0.345 e. The molecule has 1 N–H and O–H groups in total. The number of allylic oxidation sites excluding steroid dienone is 2. The first-order valence-corrected chi connectivity index (χ1v) is 8.71. The van der Waals surface area contributed by atoms with Crippen LogP contribution in [0.4, 0.5) is 0 Å². The van der Waals surface area contributed by atoms with Gasteiger partial charge in [-0.25, -0.2) is 10.0 Å². The molecule has 3 heterocycles. The number of thioether (sulfide) groups is 1. The average molecular weight is 337 g/mol. The first-order chi connectivity index (χ1) is 10.7. The molecule has 0 aromatic carbocycles. The van der Waals surface area contributed by atoms with Gasteiger partial charge in [-0.1, -0.05) is 0 Å². The van der Waals surface area contributed by atoms with E-state index in [-0.39, 0.29) is 18.0 Å². The highest BCUT2D eigenvalue weighted by Gasteiger charge is 2.51. The van der Waals surface area contributed by atoms with Crippen molar-refractivity contribution < 1.29 is 24.2 Å². The van der Waals surface area contributed by atoms with Gasteiger partial charge in [0.1, 0.15) is 17.4 Å². The van der Waals surface area contributed by atoms with E-state index in [1.165, 1.54) is 0 Å². The zero-order valence-electron chi connectivity index (χ0n) is 13.5. The number of hydroxylamine groups is 3. The molecule has 0 aliphatic carbocycles. The number of hydrogen-bond acceptors (Lipinski definition) is 5. The van der Waals surface area contributed by atoms with Gasteiger partial charge in [0, 0.05) is 24.4 Å². The molecule has 1 atom stereocenters. The summed E-state index contributed by atoms with van der Waals surface area (Å²) in [7, 11) is 0. The minimum absolute atomic E-state index is 0.0664. The van der Waals surface area contributed by atoms with Crippen LogP contribution in [0.3, 0.4) is 0 Å². The highest BCUT2D eigenvalue weighted by atomic mass is 32.2. The Morgan fingerprint density at radius 2 is 2.13 bits per heavy atom. The highest BCUT2D eigenvalue weighted by molar-refractivity contribution is 7.99. The lowest BCUT2D eigenvalue weighted by Gasteiger charge is -2.21. The van der Waals surface area contributed by atoms with Crippen LogP contribution in [0.5, 0.6) is 0 Å². The molecule has 124 valence electrons. The van der Waals surface area contributed by atoms with Gasteiger partial charge < -0.3 is 9.64 Å². The monoisotopic (exact) mass is 337 g/mol. The van der Waals surface area contributed by atoms with Gasteiger partial charge in [0.25, 0.3) is 5.91 Å². The lowest BCUT2D eigenvalue weighted by molar-refractivity contribution is -1.02. The summed E-state index contributed by atoms with van der Waals surface area (Å²) in [6.07, 6.45) is 4.92. The third-order valence-corrected chi connectivity index (χ3v) is 4.83. The maximum absolute atomic E-state index is 12.8. The predicted molar refractivity (Wildman–Crippen MR) is 86.0 cm³/mol. The molecule has 0 aromatic rings. The topological polar surface area (TPSA) is 66.8 Å². The summed E-state index contributed by atoms with van der Waals surface area (Å²) in [4.78, 5) is 27.1. The van der Waals surface area contributed by atoms with E-state index < -0.39 is 16.2 Å². The molecule has 0 bridgehead atoms. The van der Waals surface area contributed by atoms with Crippen molar-refractivity contribution in [2.45, 2.75) is 26.4 Å². The van der Waals surface area contributed by atoms with Crippen LogP contribution in [0.25, 0.3) is 0 Å². The van der Waals surface area contributed by atoms with Crippen molar-refractivity contribution in [3.05, 3.63) is 35.2 Å². The van der Waals surface area contributed by atoms with Crippen molar-refractivity contribution in [3.63, 3.8) is 0 Å². The number of carbonyl (C=O) groups is 2. The van der Waals surface area contributed by atoms with Crippen LogP contribution >= 0.6 is 11.8 Å². The third kappa shape index (κ3) is 2.96. The fourth-order valence-corrected chi connectivity index (χ4v) is 3.82. The Bertz CT molecular complexity index is 653. The Morgan fingerprint density at radius 3 is 2.74 bits per heavy atom. The largest absolute Gasteiger partial charge is 0.456 e. The maximum atomic E-state index is 12.8. The average Bonchev–Trinajstić information content (AvgIpc) is 3.09. The number of rotatable bonds is 2. The lowest BCUT2D eigenvalue weighted by atomic mass is 10.1. The number of hydrogen-bond donors (Lipinski definition) is 1. The van der Waals surface area contributed by atoms with Crippen LogP contribution in [0.2, 0.25) is 0 Å². The summed E-state index contributed by atoms with van der Waals surface area (Å²) in [6.45, 7) is 6.07. The zero-order chi connectivity index (χ0) is 16.8. The Balaban J connectivity index is 1.98. The minimum atomic E-state index is -0.665. The second-order valence-corrected chi connectivity index (χ2v) is 7.91. The first-order valence-electron chi connectivity index (χ1n) is 7.56. The quantitative estimate of drug-likeness (QED) is 0.615. The molecule has 0 radical (unpaired) electrons. The molecule has 1 saturated heterocycles. The summed E-state index contributed by atoms with van der Waals surface area (Å²) in [5.74, 6) is 0.759. The summed E-state index contributed by atoms with van der Waals surface area (Å²) in [5.41, 5.74) is 0.283. The Hall–Kier alpha value is -1.57. The summed E-state index contributed by atoms with van der Waals surface area (Å²) in [6, 6.07) is 0. The van der Waals surface area contributed by atoms with Crippen LogP contribution in [0.1, 0.15) is 20.8 Å². The van der Waals surface area contributed by atoms with Crippen LogP contribution in [0, 0.1) is 0 Å². The van der Waals surface area contributed by atoms with Crippen molar-refractivity contribution in [1.29, 1.82) is 0 Å². The molecule has 6 nitrogen and oxygen atoms in total. The summed E-state index contributed by atoms with van der Waals surface area (Å²) in [5, 5.41) is 10.7. The van der Waals surface area contributed by atoms with E-state index >= 15 is 0 Å². The Morgan fingerprint density at radius 1 is 1.39 bits per heavy atom. The molecular formula is C16H21N2O4S+. The fourth-order valence-electron chi connectivity index (χ4n) is 2.87. The number of carbonyl (C=O) groups excluding carboxylic acids is 2. The molecule has 0 spiro atoms. The molecule has 7 heteroatoms. The number of amides is 1. The number of quaternary nitrogens is 1. The van der Waals surface area contributed by atoms with Crippen molar-refractivity contribution in [3.8, 4) is 0 Å². The molecule has 0 unspecified atom stereocenters. The van der Waals surface area contributed by atoms with E-state index in [9.17, 15) is 14.8 Å². The standard InChI is InChI=1S/C16H21N2O4S/c1-16(2,3)22-15(20)13-11(14(19)17-6-8-23-10-17)9-18(21)7-4-5-12(13)18/h4-5,7,21H,6,8-10H2,1-3H3/q+1/t18-/m0/s1.